The summed E-state index contributed by atoms with van der Waals surface area (Å²) in [4.78, 5) is 0. The Morgan fingerprint density at radius 1 is 1.36 bits per heavy atom. The van der Waals surface area contributed by atoms with E-state index in [0.29, 0.717) is 6.79 Å². The minimum atomic E-state index is -0.279. The summed E-state index contributed by atoms with van der Waals surface area (Å²) in [5, 5.41) is 9.42. The average Bonchev–Trinajstić information content (AvgIpc) is 2.03. The van der Waals surface area contributed by atoms with Gasteiger partial charge in [-0.2, -0.15) is 0 Å². The lowest BCUT2D eigenvalue weighted by Gasteiger charge is -2.26. The van der Waals surface area contributed by atoms with Crippen LogP contribution in [0.15, 0.2) is 0 Å². The van der Waals surface area contributed by atoms with E-state index < -0.39 is 0 Å². The highest BCUT2D eigenvalue weighted by atomic mass is 16.7. The number of methoxy groups -OCH3 is 1. The molecule has 0 aliphatic heterocycles. The fourth-order valence-electron chi connectivity index (χ4n) is 1.43. The molecule has 2 atom stereocenters. The maximum absolute atomic E-state index is 9.42. The summed E-state index contributed by atoms with van der Waals surface area (Å²) < 4.78 is 10.0. The molecule has 0 aromatic heterocycles. The molecule has 2 unspecified atom stereocenters. The van der Waals surface area contributed by atoms with Crippen LogP contribution < -0.4 is 0 Å². The van der Waals surface area contributed by atoms with E-state index in [2.05, 4.69) is 0 Å². The highest BCUT2D eigenvalue weighted by Gasteiger charge is 2.23. The predicted octanol–water partition coefficient (Wildman–Crippen LogP) is 0.910. The van der Waals surface area contributed by atoms with Gasteiger partial charge < -0.3 is 14.6 Å². The van der Waals surface area contributed by atoms with Crippen LogP contribution in [0.25, 0.3) is 0 Å². The molecule has 1 rings (SSSR count). The maximum atomic E-state index is 9.42. The number of rotatable bonds is 3. The molecule has 0 aromatic rings. The second kappa shape index (κ2) is 4.70. The fraction of sp³-hybridized carbons (Fsp3) is 1.00. The molecule has 0 bridgehead atoms. The van der Waals surface area contributed by atoms with E-state index in [1.54, 1.807) is 7.11 Å². The zero-order chi connectivity index (χ0) is 8.10. The standard InChI is InChI=1S/C8H16O3/c1-10-6-11-8-5-3-2-4-7(8)9/h7-9H,2-6H2,1H3. The first kappa shape index (κ1) is 8.97. The van der Waals surface area contributed by atoms with Crippen LogP contribution in [0.4, 0.5) is 0 Å². The van der Waals surface area contributed by atoms with Gasteiger partial charge in [0.15, 0.2) is 0 Å². The van der Waals surface area contributed by atoms with Crippen molar-refractivity contribution in [2.24, 2.45) is 0 Å². The molecule has 0 amide bonds. The molecule has 0 heterocycles. The molecular weight excluding hydrogens is 144 g/mol. The first-order valence-electron chi connectivity index (χ1n) is 4.13. The molecule has 0 radical (unpaired) electrons. The third kappa shape index (κ3) is 2.77. The second-order valence-corrected chi connectivity index (χ2v) is 2.96. The van der Waals surface area contributed by atoms with Gasteiger partial charge in [0.25, 0.3) is 0 Å². The minimum absolute atomic E-state index is 0.00343. The van der Waals surface area contributed by atoms with Gasteiger partial charge in [0.2, 0.25) is 0 Å². The van der Waals surface area contributed by atoms with Crippen LogP contribution >= 0.6 is 0 Å². The molecule has 1 N–H and O–H groups in total. The molecule has 3 nitrogen and oxygen atoms in total. The van der Waals surface area contributed by atoms with Gasteiger partial charge in [-0.15, -0.1) is 0 Å². The Morgan fingerprint density at radius 3 is 2.73 bits per heavy atom. The van der Waals surface area contributed by atoms with Gasteiger partial charge in [0, 0.05) is 7.11 Å². The summed E-state index contributed by atoms with van der Waals surface area (Å²) in [5.74, 6) is 0. The van der Waals surface area contributed by atoms with Crippen molar-refractivity contribution < 1.29 is 14.6 Å². The van der Waals surface area contributed by atoms with E-state index >= 15 is 0 Å². The highest BCUT2D eigenvalue weighted by Crippen LogP contribution is 2.20. The number of aliphatic hydroxyl groups excluding tert-OH is 1. The van der Waals surface area contributed by atoms with Crippen molar-refractivity contribution in [3.05, 3.63) is 0 Å². The number of aliphatic hydroxyl groups is 1. The summed E-state index contributed by atoms with van der Waals surface area (Å²) in [5.41, 5.74) is 0. The van der Waals surface area contributed by atoms with Crippen LogP contribution in [-0.4, -0.2) is 31.2 Å². The predicted molar refractivity (Wildman–Crippen MR) is 41.2 cm³/mol. The van der Waals surface area contributed by atoms with Crippen LogP contribution in [0.2, 0.25) is 0 Å². The minimum Gasteiger partial charge on any atom is -0.390 e. The van der Waals surface area contributed by atoms with E-state index in [4.69, 9.17) is 9.47 Å². The van der Waals surface area contributed by atoms with Gasteiger partial charge >= 0.3 is 0 Å². The SMILES string of the molecule is COCOC1CCCCC1O. The fourth-order valence-corrected chi connectivity index (χ4v) is 1.43. The summed E-state index contributed by atoms with van der Waals surface area (Å²) in [7, 11) is 1.59. The zero-order valence-corrected chi connectivity index (χ0v) is 6.95. The molecule has 1 aliphatic carbocycles. The Bertz CT molecular complexity index is 106. The summed E-state index contributed by atoms with van der Waals surface area (Å²) in [6, 6.07) is 0. The van der Waals surface area contributed by atoms with Gasteiger partial charge in [-0.05, 0) is 12.8 Å². The van der Waals surface area contributed by atoms with E-state index in [-0.39, 0.29) is 12.2 Å². The van der Waals surface area contributed by atoms with E-state index in [0.717, 1.165) is 25.7 Å². The average molecular weight is 160 g/mol. The van der Waals surface area contributed by atoms with Gasteiger partial charge in [0.05, 0.1) is 12.2 Å². The third-order valence-corrected chi connectivity index (χ3v) is 2.07. The van der Waals surface area contributed by atoms with Crippen molar-refractivity contribution in [3.63, 3.8) is 0 Å². The van der Waals surface area contributed by atoms with Crippen LogP contribution in [0, 0.1) is 0 Å². The molecule has 0 spiro atoms. The normalized spacial score (nSPS) is 32.2. The lowest BCUT2D eigenvalue weighted by Crippen LogP contribution is -2.32. The van der Waals surface area contributed by atoms with Crippen LogP contribution in [0.3, 0.4) is 0 Å². The van der Waals surface area contributed by atoms with Crippen LogP contribution in [-0.2, 0) is 9.47 Å². The number of hydrogen-bond donors (Lipinski definition) is 1. The van der Waals surface area contributed by atoms with E-state index in [1.807, 2.05) is 0 Å². The zero-order valence-electron chi connectivity index (χ0n) is 6.95. The van der Waals surface area contributed by atoms with Crippen molar-refractivity contribution in [2.75, 3.05) is 13.9 Å². The quantitative estimate of drug-likeness (QED) is 0.624. The Balaban J connectivity index is 2.18. The Kier molecular flexibility index (Phi) is 3.83. The lowest BCUT2D eigenvalue weighted by molar-refractivity contribution is -0.124. The first-order valence-corrected chi connectivity index (χ1v) is 4.13. The molecule has 66 valence electrons. The largest absolute Gasteiger partial charge is 0.390 e. The monoisotopic (exact) mass is 160 g/mol. The Hall–Kier alpha value is -0.120. The van der Waals surface area contributed by atoms with Crippen molar-refractivity contribution in [2.45, 2.75) is 37.9 Å². The van der Waals surface area contributed by atoms with Crippen LogP contribution in [0.1, 0.15) is 25.7 Å². The molecule has 11 heavy (non-hydrogen) atoms. The molecule has 0 aromatic carbocycles. The van der Waals surface area contributed by atoms with Gasteiger partial charge in [-0.1, -0.05) is 12.8 Å². The van der Waals surface area contributed by atoms with Crippen molar-refractivity contribution in [1.82, 2.24) is 0 Å². The summed E-state index contributed by atoms with van der Waals surface area (Å²) >= 11 is 0. The Morgan fingerprint density at radius 2 is 2.09 bits per heavy atom. The number of ether oxygens (including phenoxy) is 2. The molecule has 1 fully saturated rings. The van der Waals surface area contributed by atoms with Gasteiger partial charge in [-0.3, -0.25) is 0 Å². The molecule has 1 aliphatic rings. The summed E-state index contributed by atoms with van der Waals surface area (Å²) in [6.07, 6.45) is 3.83. The molecular formula is C8H16O3. The van der Waals surface area contributed by atoms with Crippen molar-refractivity contribution in [3.8, 4) is 0 Å². The topological polar surface area (TPSA) is 38.7 Å². The Labute approximate surface area is 67.3 Å². The molecule has 3 heteroatoms. The summed E-state index contributed by atoms with van der Waals surface area (Å²) in [6.45, 7) is 0.293. The van der Waals surface area contributed by atoms with E-state index in [9.17, 15) is 5.11 Å². The highest BCUT2D eigenvalue weighted by molar-refractivity contribution is 4.74. The third-order valence-electron chi connectivity index (χ3n) is 2.07. The maximum Gasteiger partial charge on any atom is 0.146 e. The lowest BCUT2D eigenvalue weighted by atomic mass is 9.95. The second-order valence-electron chi connectivity index (χ2n) is 2.96. The number of hydrogen-bond acceptors (Lipinski definition) is 3. The molecule has 0 saturated heterocycles. The van der Waals surface area contributed by atoms with Crippen molar-refractivity contribution in [1.29, 1.82) is 0 Å². The van der Waals surface area contributed by atoms with Gasteiger partial charge in [0.1, 0.15) is 6.79 Å². The smallest absolute Gasteiger partial charge is 0.146 e. The van der Waals surface area contributed by atoms with Crippen LogP contribution in [0.5, 0.6) is 0 Å². The first-order chi connectivity index (χ1) is 5.34. The van der Waals surface area contributed by atoms with E-state index in [1.165, 1.54) is 0 Å². The van der Waals surface area contributed by atoms with Gasteiger partial charge in [-0.25, -0.2) is 0 Å². The van der Waals surface area contributed by atoms with Crippen molar-refractivity contribution >= 4 is 0 Å². The molecule has 1 saturated carbocycles.